The first-order valence-electron chi connectivity index (χ1n) is 7.40. The van der Waals surface area contributed by atoms with Crippen LogP contribution in [-0.4, -0.2) is 22.2 Å². The maximum Gasteiger partial charge on any atom is 0.267 e. The second-order valence-electron chi connectivity index (χ2n) is 5.13. The van der Waals surface area contributed by atoms with E-state index in [1.54, 1.807) is 0 Å². The number of carbonyl (C=O) groups is 1. The van der Waals surface area contributed by atoms with Gasteiger partial charge in [-0.15, -0.1) is 10.2 Å². The minimum Gasteiger partial charge on any atom is -0.480 e. The van der Waals surface area contributed by atoms with E-state index in [1.165, 1.54) is 16.9 Å². The van der Waals surface area contributed by atoms with E-state index >= 15 is 0 Å². The Morgan fingerprint density at radius 1 is 1.32 bits per heavy atom. The quantitative estimate of drug-likeness (QED) is 0.885. The average Bonchev–Trinajstić information content (AvgIpc) is 2.94. The SMILES string of the molecule is CCc1nnc(NC(=O)[C@H](CC)Oc2ccc(C)cc2C)s1. The summed E-state index contributed by atoms with van der Waals surface area (Å²) in [6, 6.07) is 5.92. The third kappa shape index (κ3) is 4.04. The molecule has 1 amide bonds. The molecule has 0 fully saturated rings. The summed E-state index contributed by atoms with van der Waals surface area (Å²) in [4.78, 5) is 12.3. The third-order valence-corrected chi connectivity index (χ3v) is 4.25. The molecule has 1 heterocycles. The predicted octanol–water partition coefficient (Wildman–Crippen LogP) is 3.51. The lowest BCUT2D eigenvalue weighted by Gasteiger charge is -2.18. The van der Waals surface area contributed by atoms with E-state index in [2.05, 4.69) is 15.5 Å². The Morgan fingerprint density at radius 2 is 2.09 bits per heavy atom. The van der Waals surface area contributed by atoms with Crippen LogP contribution in [0, 0.1) is 13.8 Å². The largest absolute Gasteiger partial charge is 0.480 e. The molecule has 0 saturated heterocycles. The summed E-state index contributed by atoms with van der Waals surface area (Å²) in [7, 11) is 0. The van der Waals surface area contributed by atoms with Gasteiger partial charge in [-0.1, -0.05) is 42.9 Å². The van der Waals surface area contributed by atoms with Crippen molar-refractivity contribution in [2.75, 3.05) is 5.32 Å². The van der Waals surface area contributed by atoms with E-state index in [4.69, 9.17) is 4.74 Å². The number of anilines is 1. The molecule has 6 heteroatoms. The summed E-state index contributed by atoms with van der Waals surface area (Å²) in [5, 5.41) is 12.2. The number of aromatic nitrogens is 2. The van der Waals surface area contributed by atoms with Gasteiger partial charge in [-0.3, -0.25) is 10.1 Å². The highest BCUT2D eigenvalue weighted by Crippen LogP contribution is 2.22. The first-order valence-corrected chi connectivity index (χ1v) is 8.22. The number of ether oxygens (including phenoxy) is 1. The molecule has 0 aliphatic rings. The summed E-state index contributed by atoms with van der Waals surface area (Å²) < 4.78 is 5.86. The first-order chi connectivity index (χ1) is 10.5. The van der Waals surface area contributed by atoms with E-state index in [-0.39, 0.29) is 5.91 Å². The van der Waals surface area contributed by atoms with Gasteiger partial charge >= 0.3 is 0 Å². The zero-order valence-electron chi connectivity index (χ0n) is 13.3. The molecule has 1 N–H and O–H groups in total. The van der Waals surface area contributed by atoms with Crippen molar-refractivity contribution in [3.63, 3.8) is 0 Å². The number of carbonyl (C=O) groups excluding carboxylic acids is 1. The lowest BCUT2D eigenvalue weighted by Crippen LogP contribution is -2.32. The van der Waals surface area contributed by atoms with Crippen molar-refractivity contribution in [3.05, 3.63) is 34.3 Å². The molecule has 0 aliphatic carbocycles. The highest BCUT2D eigenvalue weighted by molar-refractivity contribution is 7.15. The van der Waals surface area contributed by atoms with Gasteiger partial charge in [0.05, 0.1) is 0 Å². The average molecular weight is 319 g/mol. The monoisotopic (exact) mass is 319 g/mol. The van der Waals surface area contributed by atoms with Crippen LogP contribution in [0.3, 0.4) is 0 Å². The fourth-order valence-corrected chi connectivity index (χ4v) is 2.72. The Kier molecular flexibility index (Phi) is 5.49. The van der Waals surface area contributed by atoms with E-state index in [1.807, 2.05) is 45.9 Å². The molecule has 0 bridgehead atoms. The van der Waals surface area contributed by atoms with E-state index in [9.17, 15) is 4.79 Å². The summed E-state index contributed by atoms with van der Waals surface area (Å²) in [5.74, 6) is 0.542. The maximum absolute atomic E-state index is 12.3. The summed E-state index contributed by atoms with van der Waals surface area (Å²) in [5.41, 5.74) is 2.19. The molecule has 0 aliphatic heterocycles. The van der Waals surface area contributed by atoms with Crippen molar-refractivity contribution >= 4 is 22.4 Å². The van der Waals surface area contributed by atoms with Crippen molar-refractivity contribution in [3.8, 4) is 5.75 Å². The van der Waals surface area contributed by atoms with Crippen LogP contribution in [0.1, 0.15) is 36.4 Å². The van der Waals surface area contributed by atoms with Gasteiger partial charge in [0.15, 0.2) is 6.10 Å². The standard InChI is InChI=1S/C16H21N3O2S/c1-5-12(21-13-8-7-10(3)9-11(13)4)15(20)17-16-19-18-14(6-2)22-16/h7-9,12H,5-6H2,1-4H3,(H,17,19,20)/t12-/m0/s1. The normalized spacial score (nSPS) is 12.0. The summed E-state index contributed by atoms with van der Waals surface area (Å²) >= 11 is 1.39. The summed E-state index contributed by atoms with van der Waals surface area (Å²) in [6.45, 7) is 7.93. The Labute approximate surface area is 134 Å². The van der Waals surface area contributed by atoms with Gasteiger partial charge in [-0.05, 0) is 38.3 Å². The second-order valence-corrected chi connectivity index (χ2v) is 6.19. The molecule has 0 spiro atoms. The van der Waals surface area contributed by atoms with E-state index in [0.717, 1.165) is 22.7 Å². The van der Waals surface area contributed by atoms with Crippen LogP contribution in [0.15, 0.2) is 18.2 Å². The number of rotatable bonds is 6. The van der Waals surface area contributed by atoms with Crippen LogP contribution in [0.5, 0.6) is 5.75 Å². The fourth-order valence-electron chi connectivity index (χ4n) is 2.04. The van der Waals surface area contributed by atoms with Crippen LogP contribution in [0.2, 0.25) is 0 Å². The van der Waals surface area contributed by atoms with Crippen LogP contribution in [0.4, 0.5) is 5.13 Å². The molecule has 0 unspecified atom stereocenters. The lowest BCUT2D eigenvalue weighted by atomic mass is 10.1. The molecule has 2 aromatic rings. The number of amides is 1. The molecule has 5 nitrogen and oxygen atoms in total. The van der Waals surface area contributed by atoms with Crippen LogP contribution < -0.4 is 10.1 Å². The molecular formula is C16H21N3O2S. The molecule has 0 radical (unpaired) electrons. The Hall–Kier alpha value is -1.95. The topological polar surface area (TPSA) is 64.1 Å². The van der Waals surface area contributed by atoms with Gasteiger partial charge in [0.2, 0.25) is 5.13 Å². The van der Waals surface area contributed by atoms with Gasteiger partial charge in [0, 0.05) is 0 Å². The number of hydrogen-bond donors (Lipinski definition) is 1. The smallest absolute Gasteiger partial charge is 0.267 e. The third-order valence-electron chi connectivity index (χ3n) is 3.26. The Morgan fingerprint density at radius 3 is 2.68 bits per heavy atom. The number of nitrogens with zero attached hydrogens (tertiary/aromatic N) is 2. The highest BCUT2D eigenvalue weighted by atomic mass is 32.1. The molecule has 22 heavy (non-hydrogen) atoms. The Balaban J connectivity index is 2.05. The van der Waals surface area contributed by atoms with Gasteiger partial charge in [0.1, 0.15) is 10.8 Å². The van der Waals surface area contributed by atoms with Crippen molar-refractivity contribution in [1.82, 2.24) is 10.2 Å². The number of aryl methyl sites for hydroxylation is 3. The van der Waals surface area contributed by atoms with Crippen molar-refractivity contribution in [1.29, 1.82) is 0 Å². The number of benzene rings is 1. The van der Waals surface area contributed by atoms with Gasteiger partial charge < -0.3 is 4.74 Å². The van der Waals surface area contributed by atoms with Crippen LogP contribution >= 0.6 is 11.3 Å². The number of hydrogen-bond acceptors (Lipinski definition) is 5. The fraction of sp³-hybridized carbons (Fsp3) is 0.438. The van der Waals surface area contributed by atoms with Gasteiger partial charge in [0.25, 0.3) is 5.91 Å². The highest BCUT2D eigenvalue weighted by Gasteiger charge is 2.20. The van der Waals surface area contributed by atoms with Gasteiger partial charge in [-0.25, -0.2) is 0 Å². The van der Waals surface area contributed by atoms with Crippen molar-refractivity contribution in [2.45, 2.75) is 46.6 Å². The zero-order valence-corrected chi connectivity index (χ0v) is 14.2. The lowest BCUT2D eigenvalue weighted by molar-refractivity contribution is -0.122. The van der Waals surface area contributed by atoms with E-state index in [0.29, 0.717) is 11.6 Å². The first kappa shape index (κ1) is 16.4. The van der Waals surface area contributed by atoms with Crippen LogP contribution in [0.25, 0.3) is 0 Å². The van der Waals surface area contributed by atoms with Gasteiger partial charge in [-0.2, -0.15) is 0 Å². The molecule has 0 saturated carbocycles. The molecule has 2 rings (SSSR count). The minimum absolute atomic E-state index is 0.193. The number of nitrogens with one attached hydrogen (secondary N) is 1. The van der Waals surface area contributed by atoms with Crippen LogP contribution in [-0.2, 0) is 11.2 Å². The van der Waals surface area contributed by atoms with Crippen molar-refractivity contribution < 1.29 is 9.53 Å². The zero-order chi connectivity index (χ0) is 16.1. The van der Waals surface area contributed by atoms with E-state index < -0.39 is 6.10 Å². The Bertz CT molecular complexity index is 655. The predicted molar refractivity (Wildman–Crippen MR) is 88.5 cm³/mol. The molecule has 1 atom stereocenters. The minimum atomic E-state index is -0.546. The molecule has 1 aromatic carbocycles. The second kappa shape index (κ2) is 7.35. The summed E-state index contributed by atoms with van der Waals surface area (Å²) in [6.07, 6.45) is 0.845. The molecular weight excluding hydrogens is 298 g/mol. The maximum atomic E-state index is 12.3. The molecule has 118 valence electrons. The van der Waals surface area contributed by atoms with Crippen molar-refractivity contribution in [2.24, 2.45) is 0 Å². The molecule has 1 aromatic heterocycles.